The van der Waals surface area contributed by atoms with Gasteiger partial charge in [-0.15, -0.1) is 0 Å². The van der Waals surface area contributed by atoms with E-state index in [4.69, 9.17) is 0 Å². The molecule has 2 N–H and O–H groups in total. The van der Waals surface area contributed by atoms with Crippen molar-refractivity contribution in [3.63, 3.8) is 0 Å². The number of H-pyrrole nitrogens is 1. The lowest BCUT2D eigenvalue weighted by Gasteiger charge is -2.17. The number of amides is 1. The lowest BCUT2D eigenvalue weighted by atomic mass is 10.1. The smallest absolute Gasteiger partial charge is 0.358 e. The summed E-state index contributed by atoms with van der Waals surface area (Å²) in [6.45, 7) is 4.56. The van der Waals surface area contributed by atoms with Crippen molar-refractivity contribution in [1.82, 2.24) is 14.6 Å². The van der Waals surface area contributed by atoms with Crippen molar-refractivity contribution < 1.29 is 26.4 Å². The number of rotatable bonds is 8. The second-order valence-corrected chi connectivity index (χ2v) is 10.5. The van der Waals surface area contributed by atoms with E-state index in [9.17, 15) is 26.4 Å². The van der Waals surface area contributed by atoms with Crippen molar-refractivity contribution in [2.45, 2.75) is 25.4 Å². The molecule has 1 aliphatic heterocycles. The van der Waals surface area contributed by atoms with E-state index >= 15 is 0 Å². The van der Waals surface area contributed by atoms with E-state index in [1.54, 1.807) is 11.0 Å². The molecule has 1 atom stereocenters. The molecule has 0 bridgehead atoms. The van der Waals surface area contributed by atoms with Gasteiger partial charge in [-0.1, -0.05) is 18.7 Å². The Balaban J connectivity index is 1.37. The molecule has 0 spiro atoms. The molecule has 10 heteroatoms. The molecule has 186 valence electrons. The van der Waals surface area contributed by atoms with Crippen LogP contribution in [0.5, 0.6) is 0 Å². The minimum Gasteiger partial charge on any atom is -0.358 e. The van der Waals surface area contributed by atoms with E-state index in [2.05, 4.69) is 16.3 Å². The molecular weight excluding hydrogens is 479 g/mol. The minimum atomic E-state index is -4.34. The van der Waals surface area contributed by atoms with Gasteiger partial charge in [-0.3, -0.25) is 4.79 Å². The Morgan fingerprint density at radius 2 is 1.89 bits per heavy atom. The third-order valence-electron chi connectivity index (χ3n) is 6.25. The van der Waals surface area contributed by atoms with Crippen molar-refractivity contribution in [2.75, 3.05) is 19.6 Å². The predicted molar refractivity (Wildman–Crippen MR) is 128 cm³/mol. The maximum atomic E-state index is 13.0. The Labute approximate surface area is 201 Å². The summed E-state index contributed by atoms with van der Waals surface area (Å²) in [5.41, 5.74) is 2.51. The Bertz CT molecular complexity index is 1330. The van der Waals surface area contributed by atoms with Crippen molar-refractivity contribution in [1.29, 1.82) is 0 Å². The SMILES string of the molecule is C=CS(=O)(=O)NC[C@H]1CCN(C(=O)c2ccc3[nH]c(CCc4ccc(C(F)(F)F)cc4)cc3c2)C1. The highest BCUT2D eigenvalue weighted by Crippen LogP contribution is 2.29. The van der Waals surface area contributed by atoms with Crippen LogP contribution < -0.4 is 4.72 Å². The van der Waals surface area contributed by atoms with E-state index < -0.39 is 21.8 Å². The number of fused-ring (bicyclic) bond motifs is 1. The molecule has 4 rings (SSSR count). The van der Waals surface area contributed by atoms with Crippen LogP contribution in [-0.4, -0.2) is 43.8 Å². The molecule has 1 aliphatic rings. The van der Waals surface area contributed by atoms with Gasteiger partial charge in [0.05, 0.1) is 5.56 Å². The van der Waals surface area contributed by atoms with Gasteiger partial charge in [0, 0.05) is 47.2 Å². The molecule has 0 saturated carbocycles. The van der Waals surface area contributed by atoms with Gasteiger partial charge < -0.3 is 9.88 Å². The first-order valence-electron chi connectivity index (χ1n) is 11.2. The van der Waals surface area contributed by atoms with Gasteiger partial charge >= 0.3 is 6.18 Å². The fraction of sp³-hybridized carbons (Fsp3) is 0.320. The van der Waals surface area contributed by atoms with E-state index in [1.165, 1.54) is 12.1 Å². The standard InChI is InChI=1S/C25H26F3N3O3S/c1-2-35(33,34)29-15-18-11-12-31(16-18)24(32)19-6-10-23-20(13-19)14-22(30-23)9-5-17-3-7-21(8-4-17)25(26,27)28/h2-4,6-8,10,13-14,18,29-30H,1,5,9,11-12,15-16H2/t18-/m1/s1. The lowest BCUT2D eigenvalue weighted by Crippen LogP contribution is -2.32. The van der Waals surface area contributed by atoms with Crippen molar-refractivity contribution in [3.05, 3.63) is 82.9 Å². The third-order valence-corrected chi connectivity index (χ3v) is 7.26. The van der Waals surface area contributed by atoms with Gasteiger partial charge in [0.1, 0.15) is 0 Å². The van der Waals surface area contributed by atoms with Gasteiger partial charge in [-0.05, 0) is 67.1 Å². The second-order valence-electron chi connectivity index (χ2n) is 8.76. The monoisotopic (exact) mass is 505 g/mol. The molecule has 0 aliphatic carbocycles. The average molecular weight is 506 g/mol. The molecule has 1 saturated heterocycles. The molecule has 0 radical (unpaired) electrons. The van der Waals surface area contributed by atoms with Crippen LogP contribution in [0.1, 0.15) is 33.6 Å². The predicted octanol–water partition coefficient (Wildman–Crippen LogP) is 4.50. The molecule has 1 aromatic heterocycles. The average Bonchev–Trinajstić information content (AvgIpc) is 3.47. The fourth-order valence-corrected chi connectivity index (χ4v) is 4.84. The normalized spacial score (nSPS) is 16.7. The molecule has 2 aromatic carbocycles. The number of carbonyl (C=O) groups excluding carboxylic acids is 1. The Morgan fingerprint density at radius 1 is 1.14 bits per heavy atom. The number of likely N-dealkylation sites (tertiary alicyclic amines) is 1. The number of hydrogen-bond acceptors (Lipinski definition) is 3. The molecular formula is C25H26F3N3O3S. The number of halogens is 3. The number of aromatic nitrogens is 1. The number of nitrogens with zero attached hydrogens (tertiary/aromatic N) is 1. The zero-order valence-electron chi connectivity index (χ0n) is 18.9. The summed E-state index contributed by atoms with van der Waals surface area (Å²) < 4.78 is 63.7. The number of aromatic amines is 1. The van der Waals surface area contributed by atoms with Crippen molar-refractivity contribution >= 4 is 26.8 Å². The summed E-state index contributed by atoms with van der Waals surface area (Å²) >= 11 is 0. The highest BCUT2D eigenvalue weighted by Gasteiger charge is 2.30. The first-order chi connectivity index (χ1) is 16.5. The number of aryl methyl sites for hydroxylation is 2. The number of benzene rings is 2. The van der Waals surface area contributed by atoms with Gasteiger partial charge in [-0.2, -0.15) is 13.2 Å². The van der Waals surface area contributed by atoms with Crippen LogP contribution in [0.15, 0.2) is 60.5 Å². The first-order valence-corrected chi connectivity index (χ1v) is 12.8. The van der Waals surface area contributed by atoms with Crippen LogP contribution in [0.25, 0.3) is 10.9 Å². The Hall–Kier alpha value is -3.11. The Morgan fingerprint density at radius 3 is 2.57 bits per heavy atom. The summed E-state index contributed by atoms with van der Waals surface area (Å²) in [5.74, 6) is -0.0602. The fourth-order valence-electron chi connectivity index (χ4n) is 4.26. The summed E-state index contributed by atoms with van der Waals surface area (Å²) in [6.07, 6.45) is -2.42. The van der Waals surface area contributed by atoms with Crippen LogP contribution in [0, 0.1) is 5.92 Å². The summed E-state index contributed by atoms with van der Waals surface area (Å²) in [5, 5.41) is 1.75. The van der Waals surface area contributed by atoms with E-state index in [0.717, 1.165) is 39.7 Å². The number of nitrogens with one attached hydrogen (secondary N) is 2. The van der Waals surface area contributed by atoms with Crippen LogP contribution in [0.3, 0.4) is 0 Å². The molecule has 35 heavy (non-hydrogen) atoms. The third kappa shape index (κ3) is 6.12. The van der Waals surface area contributed by atoms with Crippen molar-refractivity contribution in [2.24, 2.45) is 5.92 Å². The number of sulfonamides is 1. The summed E-state index contributed by atoms with van der Waals surface area (Å²) in [4.78, 5) is 18.0. The van der Waals surface area contributed by atoms with Crippen LogP contribution in [0.2, 0.25) is 0 Å². The zero-order valence-corrected chi connectivity index (χ0v) is 19.8. The number of carbonyl (C=O) groups is 1. The molecule has 1 amide bonds. The first kappa shape index (κ1) is 25.0. The Kier molecular flexibility index (Phi) is 7.05. The number of alkyl halides is 3. The highest BCUT2D eigenvalue weighted by atomic mass is 32.2. The zero-order chi connectivity index (χ0) is 25.2. The minimum absolute atomic E-state index is 0.0430. The van der Waals surface area contributed by atoms with E-state index in [1.807, 2.05) is 18.2 Å². The van der Waals surface area contributed by atoms with Crippen LogP contribution in [-0.2, 0) is 29.0 Å². The molecule has 1 fully saturated rings. The quantitative estimate of drug-likeness (QED) is 0.473. The van der Waals surface area contributed by atoms with Crippen molar-refractivity contribution in [3.8, 4) is 0 Å². The maximum Gasteiger partial charge on any atom is 0.416 e. The molecule has 0 unspecified atom stereocenters. The van der Waals surface area contributed by atoms with Crippen LogP contribution >= 0.6 is 0 Å². The van der Waals surface area contributed by atoms with Gasteiger partial charge in [0.2, 0.25) is 10.0 Å². The van der Waals surface area contributed by atoms with Gasteiger partial charge in [0.15, 0.2) is 0 Å². The molecule has 3 aromatic rings. The maximum absolute atomic E-state index is 13.0. The lowest BCUT2D eigenvalue weighted by molar-refractivity contribution is -0.137. The van der Waals surface area contributed by atoms with Gasteiger partial charge in [-0.25, -0.2) is 13.1 Å². The highest BCUT2D eigenvalue weighted by molar-refractivity contribution is 7.92. The topological polar surface area (TPSA) is 82.3 Å². The number of hydrogen-bond donors (Lipinski definition) is 2. The summed E-state index contributed by atoms with van der Waals surface area (Å²) in [6, 6.07) is 12.6. The van der Waals surface area contributed by atoms with E-state index in [-0.39, 0.29) is 18.4 Å². The largest absolute Gasteiger partial charge is 0.416 e. The second kappa shape index (κ2) is 9.87. The molecule has 6 nitrogen and oxygen atoms in total. The van der Waals surface area contributed by atoms with Gasteiger partial charge in [0.25, 0.3) is 5.91 Å². The molecule has 2 heterocycles. The van der Waals surface area contributed by atoms with Crippen LogP contribution in [0.4, 0.5) is 13.2 Å². The summed E-state index contributed by atoms with van der Waals surface area (Å²) in [7, 11) is -3.49. The van der Waals surface area contributed by atoms with E-state index in [0.29, 0.717) is 37.9 Å².